The van der Waals surface area contributed by atoms with Crippen molar-refractivity contribution in [2.24, 2.45) is 0 Å². The molecule has 0 saturated carbocycles. The second-order valence-electron chi connectivity index (χ2n) is 6.00. The fourth-order valence-corrected chi connectivity index (χ4v) is 3.15. The molecule has 0 saturated heterocycles. The van der Waals surface area contributed by atoms with E-state index >= 15 is 0 Å². The average Bonchev–Trinajstić information content (AvgIpc) is 3.10. The second kappa shape index (κ2) is 6.70. The molecule has 0 aliphatic rings. The van der Waals surface area contributed by atoms with Gasteiger partial charge < -0.3 is 5.32 Å². The lowest BCUT2D eigenvalue weighted by Gasteiger charge is -2.18. The van der Waals surface area contributed by atoms with E-state index in [9.17, 15) is 13.2 Å². The second-order valence-corrected chi connectivity index (χ2v) is 6.39. The molecule has 5 nitrogen and oxygen atoms in total. The Kier molecular flexibility index (Phi) is 4.35. The molecule has 0 spiro atoms. The van der Waals surface area contributed by atoms with Crippen LogP contribution in [0.15, 0.2) is 42.9 Å². The number of anilines is 1. The zero-order valence-corrected chi connectivity index (χ0v) is 14.8. The predicted octanol–water partition coefficient (Wildman–Crippen LogP) is 5.18. The lowest BCUT2D eigenvalue weighted by atomic mass is 10.0. The van der Waals surface area contributed by atoms with Gasteiger partial charge in [-0.15, -0.1) is 0 Å². The van der Waals surface area contributed by atoms with E-state index in [1.807, 2.05) is 0 Å². The number of hydrogen-bond acceptors (Lipinski definition) is 4. The van der Waals surface area contributed by atoms with Crippen LogP contribution in [0, 0.1) is 5.82 Å². The number of rotatable bonds is 4. The van der Waals surface area contributed by atoms with Crippen molar-refractivity contribution in [1.82, 2.24) is 19.4 Å². The van der Waals surface area contributed by atoms with Crippen LogP contribution in [0.25, 0.3) is 16.7 Å². The third kappa shape index (κ3) is 3.06. The topological polar surface area (TPSA) is 55.1 Å². The first-order chi connectivity index (χ1) is 13.0. The normalized spacial score (nSPS) is 12.8. The summed E-state index contributed by atoms with van der Waals surface area (Å²) in [6.07, 6.45) is 2.03. The minimum Gasteiger partial charge on any atom is -0.363 e. The summed E-state index contributed by atoms with van der Waals surface area (Å²) in [6.45, 7) is 1.67. The summed E-state index contributed by atoms with van der Waals surface area (Å²) in [4.78, 5) is 12.7. The SMILES string of the molecule is C[C@@H](Nc1nc2nccn2c2cnc(Cl)cc12)c1cccc(C(F)F)c1F. The molecule has 0 radical (unpaired) electrons. The third-order valence-corrected chi connectivity index (χ3v) is 4.52. The summed E-state index contributed by atoms with van der Waals surface area (Å²) >= 11 is 6.02. The number of fused-ring (bicyclic) bond motifs is 3. The van der Waals surface area contributed by atoms with Gasteiger partial charge in [-0.3, -0.25) is 4.40 Å². The van der Waals surface area contributed by atoms with Crippen LogP contribution in [-0.4, -0.2) is 19.4 Å². The van der Waals surface area contributed by atoms with Crippen LogP contribution >= 0.6 is 11.6 Å². The molecule has 9 heteroatoms. The molecular weight excluding hydrogens is 379 g/mol. The predicted molar refractivity (Wildman–Crippen MR) is 96.7 cm³/mol. The molecule has 1 N–H and O–H groups in total. The maximum atomic E-state index is 14.5. The molecule has 1 atom stereocenters. The first-order valence-corrected chi connectivity index (χ1v) is 8.45. The Bertz CT molecular complexity index is 1140. The standard InChI is InChI=1S/C18H13ClF3N5/c1-9(10-3-2-4-11(15(10)20)16(21)22)25-17-12-7-14(19)24-8-13(12)27-6-5-23-18(27)26-17/h2-9,16H,1H3,(H,23,25,26)/t9-/m1/s1. The van der Waals surface area contributed by atoms with E-state index in [1.165, 1.54) is 12.1 Å². The van der Waals surface area contributed by atoms with Crippen LogP contribution in [0.4, 0.5) is 19.0 Å². The van der Waals surface area contributed by atoms with Gasteiger partial charge in [-0.1, -0.05) is 29.8 Å². The van der Waals surface area contributed by atoms with Crippen LogP contribution in [0.5, 0.6) is 0 Å². The van der Waals surface area contributed by atoms with E-state index < -0.39 is 23.8 Å². The molecule has 3 heterocycles. The lowest BCUT2D eigenvalue weighted by Crippen LogP contribution is -2.12. The van der Waals surface area contributed by atoms with Gasteiger partial charge in [0.15, 0.2) is 0 Å². The fraction of sp³-hybridized carbons (Fsp3) is 0.167. The minimum atomic E-state index is -2.89. The molecule has 4 rings (SSSR count). The van der Waals surface area contributed by atoms with Gasteiger partial charge in [-0.25, -0.2) is 23.1 Å². The molecule has 0 fully saturated rings. The van der Waals surface area contributed by atoms with Crippen molar-refractivity contribution < 1.29 is 13.2 Å². The molecule has 0 aliphatic carbocycles. The number of hydrogen-bond donors (Lipinski definition) is 1. The zero-order valence-electron chi connectivity index (χ0n) is 14.0. The summed E-state index contributed by atoms with van der Waals surface area (Å²) in [5, 5.41) is 4.00. The summed E-state index contributed by atoms with van der Waals surface area (Å²) in [5.74, 6) is -0.108. The van der Waals surface area contributed by atoms with Gasteiger partial charge in [0.1, 0.15) is 16.8 Å². The van der Waals surface area contributed by atoms with Crippen LogP contribution in [0.2, 0.25) is 5.15 Å². The molecule has 0 amide bonds. The number of nitrogens with one attached hydrogen (secondary N) is 1. The maximum absolute atomic E-state index is 14.5. The maximum Gasteiger partial charge on any atom is 0.266 e. The number of benzene rings is 1. The number of pyridine rings is 1. The summed E-state index contributed by atoms with van der Waals surface area (Å²) < 4.78 is 42.2. The number of nitrogens with zero attached hydrogens (tertiary/aromatic N) is 4. The van der Waals surface area contributed by atoms with E-state index in [1.54, 1.807) is 36.0 Å². The lowest BCUT2D eigenvalue weighted by molar-refractivity contribution is 0.146. The van der Waals surface area contributed by atoms with Crippen LogP contribution in [-0.2, 0) is 0 Å². The van der Waals surface area contributed by atoms with Gasteiger partial charge in [-0.2, -0.15) is 4.98 Å². The van der Waals surface area contributed by atoms with Gasteiger partial charge in [0.2, 0.25) is 5.78 Å². The number of imidazole rings is 1. The Hall–Kier alpha value is -2.87. The summed E-state index contributed by atoms with van der Waals surface area (Å²) in [6, 6.07) is 4.95. The first kappa shape index (κ1) is 17.5. The van der Waals surface area contributed by atoms with Gasteiger partial charge in [0, 0.05) is 23.3 Å². The van der Waals surface area contributed by atoms with E-state index in [4.69, 9.17) is 11.6 Å². The van der Waals surface area contributed by atoms with Crippen molar-refractivity contribution >= 4 is 34.1 Å². The molecule has 0 bridgehead atoms. The number of aromatic nitrogens is 4. The molecule has 0 aliphatic heterocycles. The fourth-order valence-electron chi connectivity index (χ4n) is 3.00. The van der Waals surface area contributed by atoms with Crippen molar-refractivity contribution in [2.75, 3.05) is 5.32 Å². The Labute approximate surface area is 156 Å². The smallest absolute Gasteiger partial charge is 0.266 e. The van der Waals surface area contributed by atoms with E-state index in [0.717, 1.165) is 6.07 Å². The highest BCUT2D eigenvalue weighted by atomic mass is 35.5. The molecule has 1 aromatic carbocycles. The molecule has 138 valence electrons. The van der Waals surface area contributed by atoms with Crippen molar-refractivity contribution in [3.63, 3.8) is 0 Å². The molecule has 0 unspecified atom stereocenters. The van der Waals surface area contributed by atoms with Crippen LogP contribution < -0.4 is 5.32 Å². The molecular formula is C18H13ClF3N5. The number of halogens is 4. The molecule has 27 heavy (non-hydrogen) atoms. The van der Waals surface area contributed by atoms with Gasteiger partial charge in [0.05, 0.1) is 23.3 Å². The average molecular weight is 392 g/mol. The van der Waals surface area contributed by atoms with Gasteiger partial charge in [-0.05, 0) is 13.0 Å². The molecule has 4 aromatic rings. The van der Waals surface area contributed by atoms with Crippen molar-refractivity contribution in [3.05, 3.63) is 65.0 Å². The highest BCUT2D eigenvalue weighted by molar-refractivity contribution is 6.30. The van der Waals surface area contributed by atoms with E-state index in [0.29, 0.717) is 22.5 Å². The Morgan fingerprint density at radius 1 is 1.19 bits per heavy atom. The third-order valence-electron chi connectivity index (χ3n) is 4.31. The largest absolute Gasteiger partial charge is 0.363 e. The van der Waals surface area contributed by atoms with Crippen LogP contribution in [0.3, 0.4) is 0 Å². The first-order valence-electron chi connectivity index (χ1n) is 8.07. The highest BCUT2D eigenvalue weighted by Crippen LogP contribution is 2.31. The van der Waals surface area contributed by atoms with Gasteiger partial charge in [0.25, 0.3) is 6.43 Å². The summed E-state index contributed by atoms with van der Waals surface area (Å²) in [5.41, 5.74) is 0.194. The molecule has 3 aromatic heterocycles. The minimum absolute atomic E-state index is 0.117. The summed E-state index contributed by atoms with van der Waals surface area (Å²) in [7, 11) is 0. The highest BCUT2D eigenvalue weighted by Gasteiger charge is 2.20. The Balaban J connectivity index is 1.81. The monoisotopic (exact) mass is 391 g/mol. The van der Waals surface area contributed by atoms with Crippen molar-refractivity contribution in [1.29, 1.82) is 0 Å². The van der Waals surface area contributed by atoms with Crippen molar-refractivity contribution in [2.45, 2.75) is 19.4 Å². The van der Waals surface area contributed by atoms with E-state index in [-0.39, 0.29) is 10.7 Å². The van der Waals surface area contributed by atoms with Gasteiger partial charge >= 0.3 is 0 Å². The quantitative estimate of drug-likeness (QED) is 0.487. The zero-order chi connectivity index (χ0) is 19.1. The van der Waals surface area contributed by atoms with E-state index in [2.05, 4.69) is 20.3 Å². The van der Waals surface area contributed by atoms with Crippen LogP contribution in [0.1, 0.15) is 30.5 Å². The number of alkyl halides is 2. The van der Waals surface area contributed by atoms with Crippen molar-refractivity contribution in [3.8, 4) is 0 Å². The Morgan fingerprint density at radius 2 is 1.96 bits per heavy atom. The Morgan fingerprint density at radius 3 is 2.74 bits per heavy atom.